The molecule has 0 saturated heterocycles. The van der Waals surface area contributed by atoms with E-state index < -0.39 is 0 Å². The van der Waals surface area contributed by atoms with Crippen molar-refractivity contribution in [3.63, 3.8) is 0 Å². The predicted molar refractivity (Wildman–Crippen MR) is 95.2 cm³/mol. The number of hydrogen-bond acceptors (Lipinski definition) is 2. The topological polar surface area (TPSA) is 52.5 Å². The molecule has 0 amide bonds. The van der Waals surface area contributed by atoms with Crippen LogP contribution in [0.3, 0.4) is 0 Å². The standard InChI is InChI=1S/C19H12BrN3/c20-17-7-5-14(6-8-17)15(12-22)11-16-13-23(10-9-21)19-4-2-1-3-18(16)19/h1-8,11,13H,10H2. The lowest BCUT2D eigenvalue weighted by Crippen LogP contribution is -1.91. The van der Waals surface area contributed by atoms with E-state index in [1.54, 1.807) is 0 Å². The molecule has 0 spiro atoms. The summed E-state index contributed by atoms with van der Waals surface area (Å²) in [6, 6.07) is 20.0. The molecule has 0 atom stereocenters. The summed E-state index contributed by atoms with van der Waals surface area (Å²) in [4.78, 5) is 0. The molecule has 0 aliphatic heterocycles. The molecule has 0 aliphatic rings. The van der Waals surface area contributed by atoms with Gasteiger partial charge in [0.25, 0.3) is 0 Å². The lowest BCUT2D eigenvalue weighted by molar-refractivity contribution is 0.873. The molecule has 3 aromatic rings. The first kappa shape index (κ1) is 15.1. The van der Waals surface area contributed by atoms with Crippen molar-refractivity contribution in [2.45, 2.75) is 6.54 Å². The number of allylic oxidation sites excluding steroid dienone is 1. The Hall–Kier alpha value is -2.82. The smallest absolute Gasteiger partial charge is 0.110 e. The number of nitrogens with zero attached hydrogens (tertiary/aromatic N) is 3. The average Bonchev–Trinajstić information content (AvgIpc) is 2.92. The van der Waals surface area contributed by atoms with Gasteiger partial charge in [0.15, 0.2) is 0 Å². The molecule has 23 heavy (non-hydrogen) atoms. The van der Waals surface area contributed by atoms with Crippen molar-refractivity contribution in [2.75, 3.05) is 0 Å². The molecular weight excluding hydrogens is 350 g/mol. The predicted octanol–water partition coefficient (Wildman–Crippen LogP) is 4.99. The molecule has 3 rings (SSSR count). The molecule has 0 bridgehead atoms. The second kappa shape index (κ2) is 6.52. The number of hydrogen-bond donors (Lipinski definition) is 0. The Labute approximate surface area is 142 Å². The summed E-state index contributed by atoms with van der Waals surface area (Å²) in [5.74, 6) is 0. The summed E-state index contributed by atoms with van der Waals surface area (Å²) >= 11 is 3.40. The molecule has 110 valence electrons. The van der Waals surface area contributed by atoms with Crippen LogP contribution in [0.1, 0.15) is 11.1 Å². The van der Waals surface area contributed by atoms with E-state index in [1.165, 1.54) is 0 Å². The van der Waals surface area contributed by atoms with E-state index in [2.05, 4.69) is 28.1 Å². The van der Waals surface area contributed by atoms with Crippen LogP contribution in [0.5, 0.6) is 0 Å². The first-order chi connectivity index (χ1) is 11.2. The molecule has 2 aromatic carbocycles. The van der Waals surface area contributed by atoms with Crippen molar-refractivity contribution in [1.29, 1.82) is 10.5 Å². The molecule has 0 fully saturated rings. The van der Waals surface area contributed by atoms with E-state index in [1.807, 2.05) is 65.4 Å². The zero-order valence-corrected chi connectivity index (χ0v) is 13.8. The minimum Gasteiger partial charge on any atom is -0.333 e. The number of aromatic nitrogens is 1. The zero-order chi connectivity index (χ0) is 16.2. The van der Waals surface area contributed by atoms with Crippen molar-refractivity contribution in [1.82, 2.24) is 4.57 Å². The Morgan fingerprint density at radius 1 is 1.09 bits per heavy atom. The van der Waals surface area contributed by atoms with Gasteiger partial charge < -0.3 is 4.57 Å². The van der Waals surface area contributed by atoms with Crippen LogP contribution in [-0.2, 0) is 6.54 Å². The molecule has 4 heteroatoms. The average molecular weight is 362 g/mol. The van der Waals surface area contributed by atoms with E-state index in [4.69, 9.17) is 5.26 Å². The first-order valence-corrected chi connectivity index (χ1v) is 7.85. The number of halogens is 1. The van der Waals surface area contributed by atoms with Crippen molar-refractivity contribution in [3.05, 3.63) is 70.3 Å². The largest absolute Gasteiger partial charge is 0.333 e. The normalized spacial score (nSPS) is 11.2. The number of fused-ring (bicyclic) bond motifs is 1. The quantitative estimate of drug-likeness (QED) is 0.616. The maximum atomic E-state index is 9.50. The molecule has 0 radical (unpaired) electrons. The Morgan fingerprint density at radius 2 is 1.83 bits per heavy atom. The Balaban J connectivity index is 2.14. The third-order valence-electron chi connectivity index (χ3n) is 3.64. The molecule has 0 unspecified atom stereocenters. The number of nitriles is 2. The fourth-order valence-electron chi connectivity index (χ4n) is 2.56. The van der Waals surface area contributed by atoms with Crippen molar-refractivity contribution >= 4 is 38.5 Å². The third-order valence-corrected chi connectivity index (χ3v) is 4.16. The van der Waals surface area contributed by atoms with Gasteiger partial charge in [-0.1, -0.05) is 46.3 Å². The van der Waals surface area contributed by atoms with Gasteiger partial charge in [0, 0.05) is 27.1 Å². The first-order valence-electron chi connectivity index (χ1n) is 7.05. The molecule has 0 N–H and O–H groups in total. The number of rotatable bonds is 3. The molecule has 1 aromatic heterocycles. The van der Waals surface area contributed by atoms with Gasteiger partial charge in [-0.25, -0.2) is 0 Å². The summed E-state index contributed by atoms with van der Waals surface area (Å²) < 4.78 is 2.88. The fraction of sp³-hybridized carbons (Fsp3) is 0.0526. The van der Waals surface area contributed by atoms with E-state index in [0.717, 1.165) is 26.5 Å². The highest BCUT2D eigenvalue weighted by molar-refractivity contribution is 9.10. The Morgan fingerprint density at radius 3 is 2.52 bits per heavy atom. The molecule has 0 saturated carbocycles. The fourth-order valence-corrected chi connectivity index (χ4v) is 2.83. The van der Waals surface area contributed by atoms with Crippen LogP contribution in [0, 0.1) is 22.7 Å². The van der Waals surface area contributed by atoms with Gasteiger partial charge in [-0.05, 0) is 29.8 Å². The molecule has 3 nitrogen and oxygen atoms in total. The van der Waals surface area contributed by atoms with Crippen LogP contribution in [-0.4, -0.2) is 4.57 Å². The number of para-hydroxylation sites is 1. The summed E-state index contributed by atoms with van der Waals surface area (Å²) in [7, 11) is 0. The Kier molecular flexibility index (Phi) is 4.28. The van der Waals surface area contributed by atoms with Crippen LogP contribution in [0.4, 0.5) is 0 Å². The van der Waals surface area contributed by atoms with E-state index in [-0.39, 0.29) is 6.54 Å². The minimum absolute atomic E-state index is 0.286. The van der Waals surface area contributed by atoms with Crippen LogP contribution < -0.4 is 0 Å². The van der Waals surface area contributed by atoms with Gasteiger partial charge in [-0.3, -0.25) is 0 Å². The number of benzene rings is 2. The lowest BCUT2D eigenvalue weighted by Gasteiger charge is -1.99. The van der Waals surface area contributed by atoms with Crippen molar-refractivity contribution in [2.24, 2.45) is 0 Å². The minimum atomic E-state index is 0.286. The molecule has 1 heterocycles. The van der Waals surface area contributed by atoms with E-state index in [9.17, 15) is 5.26 Å². The van der Waals surface area contributed by atoms with Crippen LogP contribution >= 0.6 is 15.9 Å². The lowest BCUT2D eigenvalue weighted by atomic mass is 10.0. The zero-order valence-electron chi connectivity index (χ0n) is 12.2. The molecular formula is C19H12BrN3. The van der Waals surface area contributed by atoms with Crippen LogP contribution in [0.25, 0.3) is 22.6 Å². The maximum absolute atomic E-state index is 9.50. The SMILES string of the molecule is N#CCn1cc(C=C(C#N)c2ccc(Br)cc2)c2ccccc21. The van der Waals surface area contributed by atoms with Gasteiger partial charge in [0.2, 0.25) is 0 Å². The van der Waals surface area contributed by atoms with Gasteiger partial charge in [-0.2, -0.15) is 10.5 Å². The van der Waals surface area contributed by atoms with Crippen molar-refractivity contribution in [3.8, 4) is 12.1 Å². The van der Waals surface area contributed by atoms with E-state index >= 15 is 0 Å². The summed E-state index contributed by atoms with van der Waals surface area (Å²) in [6.45, 7) is 0.286. The van der Waals surface area contributed by atoms with Crippen LogP contribution in [0.15, 0.2) is 59.2 Å². The second-order valence-electron chi connectivity index (χ2n) is 5.06. The van der Waals surface area contributed by atoms with Gasteiger partial charge >= 0.3 is 0 Å². The third kappa shape index (κ3) is 3.04. The monoisotopic (exact) mass is 361 g/mol. The second-order valence-corrected chi connectivity index (χ2v) is 5.98. The summed E-state index contributed by atoms with van der Waals surface area (Å²) in [5, 5.41) is 19.5. The highest BCUT2D eigenvalue weighted by Gasteiger charge is 2.08. The van der Waals surface area contributed by atoms with Gasteiger partial charge in [-0.15, -0.1) is 0 Å². The van der Waals surface area contributed by atoms with Gasteiger partial charge in [0.1, 0.15) is 6.54 Å². The van der Waals surface area contributed by atoms with E-state index in [0.29, 0.717) is 5.57 Å². The Bertz CT molecular complexity index is 967. The summed E-state index contributed by atoms with van der Waals surface area (Å²) in [6.07, 6.45) is 3.80. The van der Waals surface area contributed by atoms with Crippen molar-refractivity contribution < 1.29 is 0 Å². The highest BCUT2D eigenvalue weighted by Crippen LogP contribution is 2.26. The summed E-state index contributed by atoms with van der Waals surface area (Å²) in [5.41, 5.74) is 3.40. The highest BCUT2D eigenvalue weighted by atomic mass is 79.9. The van der Waals surface area contributed by atoms with Gasteiger partial charge in [0.05, 0.1) is 17.7 Å². The molecule has 0 aliphatic carbocycles. The maximum Gasteiger partial charge on any atom is 0.110 e. The van der Waals surface area contributed by atoms with Crippen LogP contribution in [0.2, 0.25) is 0 Å².